The van der Waals surface area contributed by atoms with Crippen molar-refractivity contribution >= 4 is 5.78 Å². The third-order valence-corrected chi connectivity index (χ3v) is 3.30. The molecule has 0 fully saturated rings. The maximum Gasteiger partial charge on any atom is 0.170 e. The molecule has 0 unspecified atom stereocenters. The highest BCUT2D eigenvalue weighted by Crippen LogP contribution is 2.35. The van der Waals surface area contributed by atoms with Gasteiger partial charge in [0.25, 0.3) is 0 Å². The van der Waals surface area contributed by atoms with Crippen molar-refractivity contribution in [2.24, 2.45) is 0 Å². The Kier molecular flexibility index (Phi) is 2.22. The second-order valence-electron chi connectivity index (χ2n) is 4.37. The molecule has 2 aromatic rings. The third-order valence-electron chi connectivity index (χ3n) is 3.30. The number of benzene rings is 2. The molecule has 2 nitrogen and oxygen atoms in total. The number of fused-ring (bicyclic) bond motifs is 1. The highest BCUT2D eigenvalue weighted by Gasteiger charge is 2.31. The van der Waals surface area contributed by atoms with Gasteiger partial charge in [-0.25, -0.2) is 0 Å². The van der Waals surface area contributed by atoms with Crippen LogP contribution in [0.15, 0.2) is 48.5 Å². The van der Waals surface area contributed by atoms with Gasteiger partial charge in [-0.05, 0) is 35.7 Å². The van der Waals surface area contributed by atoms with Crippen molar-refractivity contribution < 1.29 is 9.90 Å². The van der Waals surface area contributed by atoms with E-state index in [2.05, 4.69) is 0 Å². The summed E-state index contributed by atoms with van der Waals surface area (Å²) >= 11 is 0. The zero-order chi connectivity index (χ0) is 11.8. The monoisotopic (exact) mass is 224 g/mol. The lowest BCUT2D eigenvalue weighted by Crippen LogP contribution is -2.06. The van der Waals surface area contributed by atoms with E-state index in [-0.39, 0.29) is 17.5 Å². The van der Waals surface area contributed by atoms with E-state index in [1.165, 1.54) is 0 Å². The minimum Gasteiger partial charge on any atom is -0.508 e. The van der Waals surface area contributed by atoms with Crippen LogP contribution in [0.1, 0.15) is 27.4 Å². The van der Waals surface area contributed by atoms with Crippen LogP contribution in [0.25, 0.3) is 0 Å². The number of hydrogen-bond acceptors (Lipinski definition) is 2. The molecule has 1 atom stereocenters. The highest BCUT2D eigenvalue weighted by molar-refractivity contribution is 6.05. The van der Waals surface area contributed by atoms with E-state index in [0.29, 0.717) is 6.42 Å². The summed E-state index contributed by atoms with van der Waals surface area (Å²) in [7, 11) is 0. The van der Waals surface area contributed by atoms with E-state index < -0.39 is 0 Å². The van der Waals surface area contributed by atoms with Crippen LogP contribution in [0.2, 0.25) is 0 Å². The maximum absolute atomic E-state index is 12.2. The van der Waals surface area contributed by atoms with Crippen LogP contribution in [0.5, 0.6) is 5.75 Å². The first-order valence-corrected chi connectivity index (χ1v) is 5.67. The van der Waals surface area contributed by atoms with Crippen LogP contribution in [-0.4, -0.2) is 10.9 Å². The number of carbonyl (C=O) groups excluding carboxylic acids is 1. The third kappa shape index (κ3) is 1.62. The lowest BCUT2D eigenvalue weighted by molar-refractivity contribution is 0.0973. The number of carbonyl (C=O) groups is 1. The summed E-state index contributed by atoms with van der Waals surface area (Å²) < 4.78 is 0. The van der Waals surface area contributed by atoms with Crippen molar-refractivity contribution in [1.82, 2.24) is 0 Å². The summed E-state index contributed by atoms with van der Waals surface area (Å²) in [6.07, 6.45) is 0.687. The molecule has 0 saturated heterocycles. The highest BCUT2D eigenvalue weighted by atomic mass is 16.3. The van der Waals surface area contributed by atoms with Gasteiger partial charge in [-0.3, -0.25) is 4.79 Å². The van der Waals surface area contributed by atoms with Crippen LogP contribution >= 0.6 is 0 Å². The average Bonchev–Trinajstić information content (AvgIpc) is 2.67. The summed E-state index contributed by atoms with van der Waals surface area (Å²) in [4.78, 5) is 12.2. The molecule has 0 saturated carbocycles. The molecule has 1 aliphatic rings. The molecule has 1 aliphatic carbocycles. The molecule has 2 aromatic carbocycles. The van der Waals surface area contributed by atoms with Gasteiger partial charge in [0.15, 0.2) is 5.78 Å². The normalized spacial score (nSPS) is 18.1. The van der Waals surface area contributed by atoms with Crippen molar-refractivity contribution in [3.05, 3.63) is 65.2 Å². The molecule has 1 N–H and O–H groups in total. The van der Waals surface area contributed by atoms with Crippen molar-refractivity contribution in [3.63, 3.8) is 0 Å². The molecule has 0 spiro atoms. The topological polar surface area (TPSA) is 37.3 Å². The Morgan fingerprint density at radius 3 is 2.59 bits per heavy atom. The average molecular weight is 224 g/mol. The SMILES string of the molecule is O=C1c2ccc(O)cc2C[C@H]1c1ccccc1. The molecule has 0 aromatic heterocycles. The van der Waals surface area contributed by atoms with Gasteiger partial charge in [0.05, 0.1) is 5.92 Å². The number of phenolic OH excluding ortho intramolecular Hbond substituents is 1. The standard InChI is InChI=1S/C15H12O2/c16-12-6-7-13-11(8-12)9-14(15(13)17)10-4-2-1-3-5-10/h1-8,14,16H,9H2/t14-/m0/s1. The second-order valence-corrected chi connectivity index (χ2v) is 4.37. The van der Waals surface area contributed by atoms with E-state index in [4.69, 9.17) is 0 Å². The van der Waals surface area contributed by atoms with E-state index in [0.717, 1.165) is 16.7 Å². The lowest BCUT2D eigenvalue weighted by Gasteiger charge is -2.07. The molecule has 3 rings (SSSR count). The number of rotatable bonds is 1. The Balaban J connectivity index is 2.02. The summed E-state index contributed by atoms with van der Waals surface area (Å²) in [5.41, 5.74) is 2.74. The molecule has 0 bridgehead atoms. The predicted octanol–water partition coefficient (Wildman–Crippen LogP) is 2.91. The van der Waals surface area contributed by atoms with Gasteiger partial charge in [-0.1, -0.05) is 30.3 Å². The molecular weight excluding hydrogens is 212 g/mol. The van der Waals surface area contributed by atoms with Gasteiger partial charge in [0, 0.05) is 5.56 Å². The van der Waals surface area contributed by atoms with Crippen molar-refractivity contribution in [3.8, 4) is 5.75 Å². The zero-order valence-electron chi connectivity index (χ0n) is 9.26. The molecular formula is C15H12O2. The Hall–Kier alpha value is -2.09. The maximum atomic E-state index is 12.2. The van der Waals surface area contributed by atoms with Crippen molar-refractivity contribution in [2.45, 2.75) is 12.3 Å². The Labute approximate surface area is 99.5 Å². The number of Topliss-reactive ketones (excluding diaryl/α,β-unsaturated/α-hetero) is 1. The van der Waals surface area contributed by atoms with Gasteiger partial charge in [-0.2, -0.15) is 0 Å². The fourth-order valence-electron chi connectivity index (χ4n) is 2.44. The van der Waals surface area contributed by atoms with E-state index in [1.807, 2.05) is 30.3 Å². The summed E-state index contributed by atoms with van der Waals surface area (Å²) in [6.45, 7) is 0. The van der Waals surface area contributed by atoms with Crippen molar-refractivity contribution in [1.29, 1.82) is 0 Å². The molecule has 0 radical (unpaired) electrons. The number of ketones is 1. The van der Waals surface area contributed by atoms with Crippen LogP contribution in [0.4, 0.5) is 0 Å². The second kappa shape index (κ2) is 3.74. The Morgan fingerprint density at radius 2 is 1.82 bits per heavy atom. The Morgan fingerprint density at radius 1 is 1.06 bits per heavy atom. The summed E-state index contributed by atoms with van der Waals surface area (Å²) in [6, 6.07) is 14.8. The zero-order valence-corrected chi connectivity index (χ0v) is 9.26. The van der Waals surface area contributed by atoms with Crippen LogP contribution < -0.4 is 0 Å². The molecule has 0 heterocycles. The molecule has 2 heteroatoms. The van der Waals surface area contributed by atoms with Crippen molar-refractivity contribution in [2.75, 3.05) is 0 Å². The van der Waals surface area contributed by atoms with E-state index in [9.17, 15) is 9.90 Å². The number of aromatic hydroxyl groups is 1. The van der Waals surface area contributed by atoms with Gasteiger partial charge in [-0.15, -0.1) is 0 Å². The van der Waals surface area contributed by atoms with Crippen LogP contribution in [-0.2, 0) is 6.42 Å². The molecule has 17 heavy (non-hydrogen) atoms. The van der Waals surface area contributed by atoms with Crippen LogP contribution in [0, 0.1) is 0 Å². The van der Waals surface area contributed by atoms with E-state index >= 15 is 0 Å². The minimum absolute atomic E-state index is 0.0898. The van der Waals surface area contributed by atoms with Gasteiger partial charge in [0.1, 0.15) is 5.75 Å². The van der Waals surface area contributed by atoms with Gasteiger partial charge in [0.2, 0.25) is 0 Å². The Bertz CT molecular complexity index is 573. The smallest absolute Gasteiger partial charge is 0.170 e. The largest absolute Gasteiger partial charge is 0.508 e. The fraction of sp³-hybridized carbons (Fsp3) is 0.133. The molecule has 0 aliphatic heterocycles. The number of hydrogen-bond donors (Lipinski definition) is 1. The van der Waals surface area contributed by atoms with Gasteiger partial charge < -0.3 is 5.11 Å². The first-order valence-electron chi connectivity index (χ1n) is 5.67. The summed E-state index contributed by atoms with van der Waals surface area (Å²) in [5, 5.41) is 9.43. The van der Waals surface area contributed by atoms with Gasteiger partial charge >= 0.3 is 0 Å². The minimum atomic E-state index is -0.0898. The lowest BCUT2D eigenvalue weighted by atomic mass is 9.95. The predicted molar refractivity (Wildman–Crippen MR) is 65.3 cm³/mol. The first-order chi connectivity index (χ1) is 8.25. The molecule has 0 amide bonds. The molecule has 84 valence electrons. The summed E-state index contributed by atoms with van der Waals surface area (Å²) in [5.74, 6) is 0.296. The first kappa shape index (κ1) is 10.1. The quantitative estimate of drug-likeness (QED) is 0.808. The fourth-order valence-corrected chi connectivity index (χ4v) is 2.44. The van der Waals surface area contributed by atoms with Crippen LogP contribution in [0.3, 0.4) is 0 Å². The van der Waals surface area contributed by atoms with E-state index in [1.54, 1.807) is 18.2 Å². The number of phenols is 1.